The number of rotatable bonds is 9. The maximum absolute atomic E-state index is 11.8. The van der Waals surface area contributed by atoms with Crippen LogP contribution in [0.4, 0.5) is 0 Å². The van der Waals surface area contributed by atoms with Crippen LogP contribution in [-0.4, -0.2) is 35.5 Å². The van der Waals surface area contributed by atoms with Crippen molar-refractivity contribution < 1.29 is 19.5 Å². The molecule has 0 aliphatic heterocycles. The Hall–Kier alpha value is -2.37. The zero-order valence-corrected chi connectivity index (χ0v) is 13.5. The van der Waals surface area contributed by atoms with Gasteiger partial charge in [-0.2, -0.15) is 0 Å². The number of carboxylic acid groups (broad SMARTS) is 1. The number of hydrogen-bond donors (Lipinski definition) is 3. The maximum Gasteiger partial charge on any atom is 0.326 e. The molecule has 0 saturated carbocycles. The second-order valence-electron chi connectivity index (χ2n) is 5.86. The average molecular weight is 320 g/mol. The van der Waals surface area contributed by atoms with Crippen LogP contribution in [-0.2, 0) is 20.8 Å². The molecule has 0 saturated heterocycles. The van der Waals surface area contributed by atoms with Crippen molar-refractivity contribution in [3.8, 4) is 0 Å². The molecule has 0 heterocycles. The molecule has 0 aliphatic carbocycles. The quantitative estimate of drug-likeness (QED) is 0.640. The molecule has 0 fully saturated rings. The van der Waals surface area contributed by atoms with Gasteiger partial charge in [-0.1, -0.05) is 44.2 Å². The zero-order valence-electron chi connectivity index (χ0n) is 13.5. The number of carbonyl (C=O) groups excluding carboxylic acids is 2. The highest BCUT2D eigenvalue weighted by atomic mass is 16.4. The highest BCUT2D eigenvalue weighted by molar-refractivity contribution is 5.87. The van der Waals surface area contributed by atoms with Crippen LogP contribution in [0.1, 0.15) is 32.3 Å². The van der Waals surface area contributed by atoms with Crippen molar-refractivity contribution in [1.82, 2.24) is 10.6 Å². The molecule has 1 aromatic carbocycles. The van der Waals surface area contributed by atoms with Crippen molar-refractivity contribution in [3.63, 3.8) is 0 Å². The lowest BCUT2D eigenvalue weighted by Crippen LogP contribution is -2.46. The highest BCUT2D eigenvalue weighted by Crippen LogP contribution is 2.04. The molecular formula is C17H24N2O4. The molecule has 0 spiro atoms. The van der Waals surface area contributed by atoms with Crippen LogP contribution in [0.2, 0.25) is 0 Å². The summed E-state index contributed by atoms with van der Waals surface area (Å²) in [4.78, 5) is 34.6. The molecule has 0 aromatic heterocycles. The first-order valence-electron chi connectivity index (χ1n) is 7.71. The van der Waals surface area contributed by atoms with E-state index in [0.717, 1.165) is 12.0 Å². The van der Waals surface area contributed by atoms with Gasteiger partial charge in [-0.25, -0.2) is 4.79 Å². The Morgan fingerprint density at radius 3 is 2.30 bits per heavy atom. The van der Waals surface area contributed by atoms with Crippen LogP contribution in [0.15, 0.2) is 30.3 Å². The van der Waals surface area contributed by atoms with Gasteiger partial charge in [-0.05, 0) is 17.9 Å². The SMILES string of the molecule is CC(C)CCC(=O)NCC(=O)N[C@H](Cc1ccccc1)C(=O)O. The lowest BCUT2D eigenvalue weighted by Gasteiger charge is -2.15. The second-order valence-corrected chi connectivity index (χ2v) is 5.86. The third-order valence-electron chi connectivity index (χ3n) is 3.31. The molecule has 0 bridgehead atoms. The Labute approximate surface area is 136 Å². The lowest BCUT2D eigenvalue weighted by atomic mass is 10.1. The Bertz CT molecular complexity index is 529. The molecule has 6 heteroatoms. The summed E-state index contributed by atoms with van der Waals surface area (Å²) in [7, 11) is 0. The van der Waals surface area contributed by atoms with Crippen LogP contribution in [0.3, 0.4) is 0 Å². The van der Waals surface area contributed by atoms with E-state index in [1.54, 1.807) is 12.1 Å². The molecule has 126 valence electrons. The van der Waals surface area contributed by atoms with Gasteiger partial charge in [-0.3, -0.25) is 9.59 Å². The van der Waals surface area contributed by atoms with E-state index in [-0.39, 0.29) is 18.9 Å². The minimum atomic E-state index is -1.10. The van der Waals surface area contributed by atoms with E-state index < -0.39 is 17.9 Å². The smallest absolute Gasteiger partial charge is 0.326 e. The number of nitrogens with one attached hydrogen (secondary N) is 2. The summed E-state index contributed by atoms with van der Waals surface area (Å²) < 4.78 is 0. The Morgan fingerprint density at radius 1 is 1.09 bits per heavy atom. The van der Waals surface area contributed by atoms with Gasteiger partial charge >= 0.3 is 5.97 Å². The van der Waals surface area contributed by atoms with Crippen LogP contribution < -0.4 is 10.6 Å². The Kier molecular flexibility index (Phi) is 7.80. The summed E-state index contributed by atoms with van der Waals surface area (Å²) in [5.41, 5.74) is 0.821. The molecule has 1 rings (SSSR count). The van der Waals surface area contributed by atoms with Gasteiger partial charge in [-0.15, -0.1) is 0 Å². The minimum absolute atomic E-state index is 0.198. The fraction of sp³-hybridized carbons (Fsp3) is 0.471. The monoisotopic (exact) mass is 320 g/mol. The van der Waals surface area contributed by atoms with Crippen LogP contribution >= 0.6 is 0 Å². The molecule has 0 unspecified atom stereocenters. The molecule has 0 radical (unpaired) electrons. The number of benzene rings is 1. The molecular weight excluding hydrogens is 296 g/mol. The van der Waals surface area contributed by atoms with Gasteiger partial charge in [0.1, 0.15) is 6.04 Å². The molecule has 1 atom stereocenters. The second kappa shape index (κ2) is 9.61. The summed E-state index contributed by atoms with van der Waals surface area (Å²) in [5, 5.41) is 14.1. The van der Waals surface area contributed by atoms with Crippen molar-refractivity contribution in [2.45, 2.75) is 39.2 Å². The van der Waals surface area contributed by atoms with Gasteiger partial charge in [0.15, 0.2) is 0 Å². The predicted molar refractivity (Wildman–Crippen MR) is 86.8 cm³/mol. The van der Waals surface area contributed by atoms with E-state index in [1.807, 2.05) is 32.0 Å². The van der Waals surface area contributed by atoms with Crippen molar-refractivity contribution in [3.05, 3.63) is 35.9 Å². The summed E-state index contributed by atoms with van der Waals surface area (Å²) in [6, 6.07) is 8.05. The third-order valence-corrected chi connectivity index (χ3v) is 3.31. The van der Waals surface area contributed by atoms with Gasteiger partial charge in [0.05, 0.1) is 6.54 Å². The maximum atomic E-state index is 11.8. The summed E-state index contributed by atoms with van der Waals surface area (Å²) in [6.45, 7) is 3.82. The summed E-state index contributed by atoms with van der Waals surface area (Å²) in [5.74, 6) is -1.40. The minimum Gasteiger partial charge on any atom is -0.480 e. The normalized spacial score (nSPS) is 11.8. The predicted octanol–water partition coefficient (Wildman–Crippen LogP) is 1.35. The topological polar surface area (TPSA) is 95.5 Å². The van der Waals surface area contributed by atoms with Crippen molar-refractivity contribution in [2.24, 2.45) is 5.92 Å². The number of hydrogen-bond acceptors (Lipinski definition) is 3. The van der Waals surface area contributed by atoms with E-state index in [9.17, 15) is 19.5 Å². The number of amides is 2. The largest absolute Gasteiger partial charge is 0.480 e. The number of aliphatic carboxylic acids is 1. The summed E-state index contributed by atoms with van der Waals surface area (Å²) >= 11 is 0. The molecule has 0 aliphatic rings. The van der Waals surface area contributed by atoms with Crippen LogP contribution in [0, 0.1) is 5.92 Å². The van der Waals surface area contributed by atoms with E-state index in [4.69, 9.17) is 0 Å². The molecule has 1 aromatic rings. The molecule has 2 amide bonds. The molecule has 3 N–H and O–H groups in total. The Balaban J connectivity index is 2.42. The molecule has 6 nitrogen and oxygen atoms in total. The number of carbonyl (C=O) groups is 3. The van der Waals surface area contributed by atoms with Crippen LogP contribution in [0.25, 0.3) is 0 Å². The van der Waals surface area contributed by atoms with E-state index in [0.29, 0.717) is 12.3 Å². The van der Waals surface area contributed by atoms with Crippen LogP contribution in [0.5, 0.6) is 0 Å². The average Bonchev–Trinajstić information content (AvgIpc) is 2.51. The first-order valence-corrected chi connectivity index (χ1v) is 7.71. The number of carboxylic acids is 1. The molecule has 23 heavy (non-hydrogen) atoms. The Morgan fingerprint density at radius 2 is 1.74 bits per heavy atom. The zero-order chi connectivity index (χ0) is 17.2. The first-order chi connectivity index (χ1) is 10.9. The highest BCUT2D eigenvalue weighted by Gasteiger charge is 2.20. The first kappa shape index (κ1) is 18.7. The van der Waals surface area contributed by atoms with Gasteiger partial charge in [0.25, 0.3) is 0 Å². The van der Waals surface area contributed by atoms with Crippen molar-refractivity contribution >= 4 is 17.8 Å². The van der Waals surface area contributed by atoms with Crippen molar-refractivity contribution in [2.75, 3.05) is 6.54 Å². The van der Waals surface area contributed by atoms with Gasteiger partial charge < -0.3 is 15.7 Å². The van der Waals surface area contributed by atoms with E-state index in [2.05, 4.69) is 10.6 Å². The van der Waals surface area contributed by atoms with Gasteiger partial charge in [0.2, 0.25) is 11.8 Å². The van der Waals surface area contributed by atoms with E-state index in [1.165, 1.54) is 0 Å². The fourth-order valence-corrected chi connectivity index (χ4v) is 1.98. The standard InChI is InChI=1S/C17H24N2O4/c1-12(2)8-9-15(20)18-11-16(21)19-14(17(22)23)10-13-6-4-3-5-7-13/h3-7,12,14H,8-11H2,1-2H3,(H,18,20)(H,19,21)(H,22,23)/t14-/m1/s1. The van der Waals surface area contributed by atoms with Crippen molar-refractivity contribution in [1.29, 1.82) is 0 Å². The fourth-order valence-electron chi connectivity index (χ4n) is 1.98. The van der Waals surface area contributed by atoms with E-state index >= 15 is 0 Å². The third kappa shape index (κ3) is 7.99. The van der Waals surface area contributed by atoms with Gasteiger partial charge in [0, 0.05) is 12.8 Å². The lowest BCUT2D eigenvalue weighted by molar-refractivity contribution is -0.141. The summed E-state index contributed by atoms with van der Waals surface area (Å²) in [6.07, 6.45) is 1.31.